The number of halogens is 2. The monoisotopic (exact) mass is 277 g/mol. The molecule has 5 heteroatoms. The number of rotatable bonds is 4. The third kappa shape index (κ3) is 3.78. The molecule has 0 saturated carbocycles. The first-order valence-corrected chi connectivity index (χ1v) is 5.95. The predicted octanol–water partition coefficient (Wildman–Crippen LogP) is 3.15. The van der Waals surface area contributed by atoms with Crippen molar-refractivity contribution in [3.63, 3.8) is 0 Å². The van der Waals surface area contributed by atoms with Gasteiger partial charge >= 0.3 is 0 Å². The maximum absolute atomic E-state index is 13.0. The number of amides is 1. The first kappa shape index (κ1) is 14.0. The van der Waals surface area contributed by atoms with E-state index in [1.807, 2.05) is 0 Å². The Balaban J connectivity index is 2.01. The molecule has 0 unspecified atom stereocenters. The Labute approximate surface area is 115 Å². The fourth-order valence-corrected chi connectivity index (χ4v) is 1.76. The van der Waals surface area contributed by atoms with Crippen LogP contribution in [0.25, 0.3) is 0 Å². The van der Waals surface area contributed by atoms with Crippen LogP contribution in [-0.4, -0.2) is 13.0 Å². The topological polar surface area (TPSA) is 38.3 Å². The predicted molar refractivity (Wildman–Crippen MR) is 71.7 cm³/mol. The number of methoxy groups -OCH3 is 1. The van der Waals surface area contributed by atoms with Gasteiger partial charge in [-0.1, -0.05) is 12.1 Å². The number of hydrogen-bond acceptors (Lipinski definition) is 2. The molecule has 0 saturated heterocycles. The van der Waals surface area contributed by atoms with Crippen LogP contribution in [0.2, 0.25) is 0 Å². The summed E-state index contributed by atoms with van der Waals surface area (Å²) >= 11 is 0. The molecule has 0 aliphatic rings. The van der Waals surface area contributed by atoms with Gasteiger partial charge in [-0.3, -0.25) is 4.79 Å². The number of carbonyl (C=O) groups excluding carboxylic acids is 1. The third-order valence-corrected chi connectivity index (χ3v) is 2.67. The Hall–Kier alpha value is -2.43. The highest BCUT2D eigenvalue weighted by molar-refractivity contribution is 5.92. The lowest BCUT2D eigenvalue weighted by Crippen LogP contribution is -2.14. The number of anilines is 1. The maximum atomic E-state index is 13.0. The highest BCUT2D eigenvalue weighted by atomic mass is 19.1. The second-order valence-corrected chi connectivity index (χ2v) is 4.23. The van der Waals surface area contributed by atoms with Crippen molar-refractivity contribution in [3.8, 4) is 5.75 Å². The van der Waals surface area contributed by atoms with E-state index < -0.39 is 11.6 Å². The van der Waals surface area contributed by atoms with Gasteiger partial charge in [-0.25, -0.2) is 8.78 Å². The summed E-state index contributed by atoms with van der Waals surface area (Å²) in [5, 5.41) is 2.45. The van der Waals surface area contributed by atoms with Crippen molar-refractivity contribution in [2.75, 3.05) is 12.4 Å². The fraction of sp³-hybridized carbons (Fsp3) is 0.133. The van der Waals surface area contributed by atoms with Crippen LogP contribution in [0.3, 0.4) is 0 Å². The van der Waals surface area contributed by atoms with Crippen molar-refractivity contribution < 1.29 is 18.3 Å². The molecule has 0 aromatic heterocycles. The van der Waals surface area contributed by atoms with Crippen LogP contribution >= 0.6 is 0 Å². The molecule has 0 heterocycles. The molecular weight excluding hydrogens is 264 g/mol. The van der Waals surface area contributed by atoms with E-state index in [-0.39, 0.29) is 18.0 Å². The summed E-state index contributed by atoms with van der Waals surface area (Å²) in [6, 6.07) is 9.87. The molecule has 0 bridgehead atoms. The summed E-state index contributed by atoms with van der Waals surface area (Å²) < 4.78 is 31.0. The number of hydrogen-bond donors (Lipinski definition) is 1. The number of carbonyl (C=O) groups is 1. The summed E-state index contributed by atoms with van der Waals surface area (Å²) in [6.07, 6.45) is 0.113. The quantitative estimate of drug-likeness (QED) is 0.932. The second-order valence-electron chi connectivity index (χ2n) is 4.23. The van der Waals surface area contributed by atoms with E-state index in [1.165, 1.54) is 0 Å². The van der Waals surface area contributed by atoms with Crippen molar-refractivity contribution in [2.45, 2.75) is 6.42 Å². The van der Waals surface area contributed by atoms with Crippen LogP contribution < -0.4 is 10.1 Å². The van der Waals surface area contributed by atoms with E-state index >= 15 is 0 Å². The zero-order chi connectivity index (χ0) is 14.5. The lowest BCUT2D eigenvalue weighted by atomic mass is 10.1. The van der Waals surface area contributed by atoms with Gasteiger partial charge in [0.15, 0.2) is 0 Å². The standard InChI is InChI=1S/C15H13F2NO2/c1-20-14-4-2-10(3-5-14)6-15(19)18-13-8-11(16)7-12(17)9-13/h2-5,7-9H,6H2,1H3,(H,18,19). The van der Waals surface area contributed by atoms with Crippen molar-refractivity contribution in [1.82, 2.24) is 0 Å². The molecule has 2 aromatic rings. The largest absolute Gasteiger partial charge is 0.497 e. The van der Waals surface area contributed by atoms with Gasteiger partial charge in [0.05, 0.1) is 13.5 Å². The molecule has 0 radical (unpaired) electrons. The molecule has 2 aromatic carbocycles. The second kappa shape index (κ2) is 6.14. The molecule has 0 aliphatic heterocycles. The molecule has 104 valence electrons. The van der Waals surface area contributed by atoms with Gasteiger partial charge in [0.1, 0.15) is 17.4 Å². The summed E-state index contributed by atoms with van der Waals surface area (Å²) in [5.74, 6) is -1.11. The summed E-state index contributed by atoms with van der Waals surface area (Å²) in [5.41, 5.74) is 0.876. The number of ether oxygens (including phenoxy) is 1. The molecular formula is C15H13F2NO2. The van der Waals surface area contributed by atoms with Gasteiger partial charge in [-0.2, -0.15) is 0 Å². The first-order chi connectivity index (χ1) is 9.56. The first-order valence-electron chi connectivity index (χ1n) is 5.95. The molecule has 0 fully saturated rings. The molecule has 20 heavy (non-hydrogen) atoms. The minimum absolute atomic E-state index is 0.0982. The van der Waals surface area contributed by atoms with Crippen LogP contribution in [0.4, 0.5) is 14.5 Å². The SMILES string of the molecule is COc1ccc(CC(=O)Nc2cc(F)cc(F)c2)cc1. The Kier molecular flexibility index (Phi) is 4.30. The summed E-state index contributed by atoms with van der Waals surface area (Å²) in [7, 11) is 1.56. The van der Waals surface area contributed by atoms with E-state index in [2.05, 4.69) is 5.32 Å². The fourth-order valence-electron chi connectivity index (χ4n) is 1.76. The molecule has 0 aliphatic carbocycles. The average molecular weight is 277 g/mol. The van der Waals surface area contributed by atoms with Gasteiger partial charge in [0.25, 0.3) is 0 Å². The van der Waals surface area contributed by atoms with E-state index in [9.17, 15) is 13.6 Å². The summed E-state index contributed by atoms with van der Waals surface area (Å²) in [4.78, 5) is 11.8. The van der Waals surface area contributed by atoms with Gasteiger partial charge in [-0.05, 0) is 29.8 Å². The molecule has 3 nitrogen and oxygen atoms in total. The van der Waals surface area contributed by atoms with Crippen molar-refractivity contribution in [3.05, 3.63) is 59.7 Å². The third-order valence-electron chi connectivity index (χ3n) is 2.67. The lowest BCUT2D eigenvalue weighted by molar-refractivity contribution is -0.115. The number of nitrogens with one attached hydrogen (secondary N) is 1. The highest BCUT2D eigenvalue weighted by Crippen LogP contribution is 2.15. The highest BCUT2D eigenvalue weighted by Gasteiger charge is 2.06. The van der Waals surface area contributed by atoms with E-state index in [4.69, 9.17) is 4.74 Å². The Bertz CT molecular complexity index is 592. The van der Waals surface area contributed by atoms with Gasteiger partial charge in [-0.15, -0.1) is 0 Å². The minimum atomic E-state index is -0.732. The zero-order valence-electron chi connectivity index (χ0n) is 10.8. The molecule has 1 amide bonds. The van der Waals surface area contributed by atoms with Crippen LogP contribution in [0, 0.1) is 11.6 Å². The lowest BCUT2D eigenvalue weighted by Gasteiger charge is -2.06. The van der Waals surface area contributed by atoms with Gasteiger partial charge < -0.3 is 10.1 Å². The van der Waals surface area contributed by atoms with E-state index in [1.54, 1.807) is 31.4 Å². The average Bonchev–Trinajstić information content (AvgIpc) is 2.38. The van der Waals surface area contributed by atoms with Crippen LogP contribution in [-0.2, 0) is 11.2 Å². The Morgan fingerprint density at radius 2 is 1.70 bits per heavy atom. The maximum Gasteiger partial charge on any atom is 0.228 e. The van der Waals surface area contributed by atoms with Crippen molar-refractivity contribution in [1.29, 1.82) is 0 Å². The smallest absolute Gasteiger partial charge is 0.228 e. The van der Waals surface area contributed by atoms with Gasteiger partial charge in [0, 0.05) is 11.8 Å². The molecule has 0 spiro atoms. The Morgan fingerprint density at radius 1 is 1.10 bits per heavy atom. The molecule has 2 rings (SSSR count). The van der Waals surface area contributed by atoms with Crippen molar-refractivity contribution in [2.24, 2.45) is 0 Å². The zero-order valence-corrected chi connectivity index (χ0v) is 10.8. The van der Waals surface area contributed by atoms with Crippen LogP contribution in [0.1, 0.15) is 5.56 Å². The normalized spacial score (nSPS) is 10.2. The Morgan fingerprint density at radius 3 is 2.25 bits per heavy atom. The molecule has 1 N–H and O–H groups in total. The van der Waals surface area contributed by atoms with E-state index in [0.29, 0.717) is 5.75 Å². The van der Waals surface area contributed by atoms with Gasteiger partial charge in [0.2, 0.25) is 5.91 Å². The molecule has 0 atom stereocenters. The summed E-state index contributed by atoms with van der Waals surface area (Å²) in [6.45, 7) is 0. The van der Waals surface area contributed by atoms with E-state index in [0.717, 1.165) is 23.8 Å². The van der Waals surface area contributed by atoms with Crippen LogP contribution in [0.15, 0.2) is 42.5 Å². The van der Waals surface area contributed by atoms with Crippen LogP contribution in [0.5, 0.6) is 5.75 Å². The van der Waals surface area contributed by atoms with Crippen molar-refractivity contribution >= 4 is 11.6 Å². The number of benzene rings is 2. The minimum Gasteiger partial charge on any atom is -0.497 e.